The normalized spacial score (nSPS) is 9.90. The third-order valence-electron chi connectivity index (χ3n) is 2.90. The standard InChI is InChI=1S/C16H17NO2S/c1-18-14-8-12(9-15(10-14)19-2)11-17-16(20)13-6-4-3-5-7-13/h3-10H,11H2,1-2H3,(H,17,20). The maximum absolute atomic E-state index is 5.37. The molecule has 0 aromatic heterocycles. The van der Waals surface area contributed by atoms with Crippen LogP contribution >= 0.6 is 12.2 Å². The van der Waals surface area contributed by atoms with Gasteiger partial charge < -0.3 is 14.8 Å². The maximum Gasteiger partial charge on any atom is 0.122 e. The van der Waals surface area contributed by atoms with Crippen LogP contribution in [0.15, 0.2) is 48.5 Å². The zero-order chi connectivity index (χ0) is 14.4. The molecule has 0 amide bonds. The van der Waals surface area contributed by atoms with Crippen LogP contribution in [-0.4, -0.2) is 19.2 Å². The molecular formula is C16H17NO2S. The lowest BCUT2D eigenvalue weighted by atomic mass is 10.2. The Bertz CT molecular complexity index is 562. The summed E-state index contributed by atoms with van der Waals surface area (Å²) >= 11 is 5.37. The van der Waals surface area contributed by atoms with Gasteiger partial charge in [0, 0.05) is 18.2 Å². The minimum absolute atomic E-state index is 0.626. The van der Waals surface area contributed by atoms with Gasteiger partial charge in [0.15, 0.2) is 0 Å². The lowest BCUT2D eigenvalue weighted by Gasteiger charge is -2.11. The molecule has 1 N–H and O–H groups in total. The number of thiocarbonyl (C=S) groups is 1. The Morgan fingerprint density at radius 3 is 2.15 bits per heavy atom. The molecule has 2 rings (SSSR count). The van der Waals surface area contributed by atoms with E-state index in [2.05, 4.69) is 5.32 Å². The van der Waals surface area contributed by atoms with Gasteiger partial charge in [0.25, 0.3) is 0 Å². The first kappa shape index (κ1) is 14.3. The van der Waals surface area contributed by atoms with Crippen molar-refractivity contribution < 1.29 is 9.47 Å². The summed E-state index contributed by atoms with van der Waals surface area (Å²) < 4.78 is 10.5. The summed E-state index contributed by atoms with van der Waals surface area (Å²) in [6.07, 6.45) is 0. The Labute approximate surface area is 124 Å². The van der Waals surface area contributed by atoms with Gasteiger partial charge in [-0.2, -0.15) is 0 Å². The molecule has 20 heavy (non-hydrogen) atoms. The number of nitrogens with one attached hydrogen (secondary N) is 1. The highest BCUT2D eigenvalue weighted by molar-refractivity contribution is 7.80. The van der Waals surface area contributed by atoms with Crippen molar-refractivity contribution in [2.45, 2.75) is 6.54 Å². The topological polar surface area (TPSA) is 30.5 Å². The molecule has 0 saturated heterocycles. The molecule has 0 unspecified atom stereocenters. The van der Waals surface area contributed by atoms with Gasteiger partial charge in [-0.05, 0) is 17.7 Å². The second kappa shape index (κ2) is 6.91. The number of ether oxygens (including phenoxy) is 2. The van der Waals surface area contributed by atoms with E-state index in [1.165, 1.54) is 0 Å². The van der Waals surface area contributed by atoms with Crippen molar-refractivity contribution in [2.24, 2.45) is 0 Å². The van der Waals surface area contributed by atoms with E-state index in [4.69, 9.17) is 21.7 Å². The fourth-order valence-electron chi connectivity index (χ4n) is 1.84. The average molecular weight is 287 g/mol. The monoisotopic (exact) mass is 287 g/mol. The molecule has 2 aromatic rings. The van der Waals surface area contributed by atoms with E-state index in [0.29, 0.717) is 6.54 Å². The summed E-state index contributed by atoms with van der Waals surface area (Å²) in [5.74, 6) is 1.54. The zero-order valence-corrected chi connectivity index (χ0v) is 12.4. The van der Waals surface area contributed by atoms with Crippen molar-refractivity contribution in [2.75, 3.05) is 14.2 Å². The third-order valence-corrected chi connectivity index (χ3v) is 3.28. The van der Waals surface area contributed by atoms with Crippen LogP contribution in [0.2, 0.25) is 0 Å². The van der Waals surface area contributed by atoms with Gasteiger partial charge in [0.1, 0.15) is 16.5 Å². The Kier molecular flexibility index (Phi) is 4.96. The van der Waals surface area contributed by atoms with Gasteiger partial charge in [0.05, 0.1) is 14.2 Å². The summed E-state index contributed by atoms with van der Waals surface area (Å²) in [7, 11) is 3.28. The van der Waals surface area contributed by atoms with Crippen molar-refractivity contribution >= 4 is 17.2 Å². The lowest BCUT2D eigenvalue weighted by Crippen LogP contribution is -2.21. The molecule has 0 heterocycles. The van der Waals surface area contributed by atoms with Crippen LogP contribution in [-0.2, 0) is 6.54 Å². The van der Waals surface area contributed by atoms with E-state index in [1.807, 2.05) is 48.5 Å². The highest BCUT2D eigenvalue weighted by Crippen LogP contribution is 2.22. The Morgan fingerprint density at radius 1 is 1.00 bits per heavy atom. The SMILES string of the molecule is COc1cc(CNC(=S)c2ccccc2)cc(OC)c1. The van der Waals surface area contributed by atoms with E-state index in [-0.39, 0.29) is 0 Å². The molecule has 104 valence electrons. The molecule has 2 aromatic carbocycles. The largest absolute Gasteiger partial charge is 0.497 e. The van der Waals surface area contributed by atoms with Gasteiger partial charge in [-0.3, -0.25) is 0 Å². The summed E-state index contributed by atoms with van der Waals surface area (Å²) in [5, 5.41) is 3.24. The number of rotatable bonds is 5. The van der Waals surface area contributed by atoms with Crippen LogP contribution in [0.3, 0.4) is 0 Å². The van der Waals surface area contributed by atoms with Crippen LogP contribution < -0.4 is 14.8 Å². The van der Waals surface area contributed by atoms with E-state index < -0.39 is 0 Å². The predicted octanol–water partition coefficient (Wildman–Crippen LogP) is 3.17. The van der Waals surface area contributed by atoms with Gasteiger partial charge in [0.2, 0.25) is 0 Å². The van der Waals surface area contributed by atoms with Crippen LogP contribution in [0.5, 0.6) is 11.5 Å². The molecule has 0 atom stereocenters. The average Bonchev–Trinajstić information content (AvgIpc) is 2.53. The fraction of sp³-hybridized carbons (Fsp3) is 0.188. The van der Waals surface area contributed by atoms with Crippen molar-refractivity contribution in [3.8, 4) is 11.5 Å². The van der Waals surface area contributed by atoms with Crippen LogP contribution in [0.25, 0.3) is 0 Å². The summed E-state index contributed by atoms with van der Waals surface area (Å²) in [5.41, 5.74) is 2.07. The first-order valence-electron chi connectivity index (χ1n) is 6.28. The number of benzene rings is 2. The lowest BCUT2D eigenvalue weighted by molar-refractivity contribution is 0.393. The van der Waals surface area contributed by atoms with Crippen LogP contribution in [0.1, 0.15) is 11.1 Å². The number of hydrogen-bond donors (Lipinski definition) is 1. The predicted molar refractivity (Wildman–Crippen MR) is 84.5 cm³/mol. The summed E-state index contributed by atoms with van der Waals surface area (Å²) in [6.45, 7) is 0.626. The molecular weight excluding hydrogens is 270 g/mol. The van der Waals surface area contributed by atoms with E-state index in [1.54, 1.807) is 14.2 Å². The van der Waals surface area contributed by atoms with Gasteiger partial charge in [-0.25, -0.2) is 0 Å². The number of hydrogen-bond acceptors (Lipinski definition) is 3. The maximum atomic E-state index is 5.37. The molecule has 0 spiro atoms. The van der Waals surface area contributed by atoms with Crippen molar-refractivity contribution in [3.05, 3.63) is 59.7 Å². The molecule has 4 heteroatoms. The molecule has 0 aliphatic heterocycles. The molecule has 0 fully saturated rings. The first-order valence-corrected chi connectivity index (χ1v) is 6.69. The molecule has 3 nitrogen and oxygen atoms in total. The Hall–Kier alpha value is -2.07. The van der Waals surface area contributed by atoms with E-state index >= 15 is 0 Å². The second-order valence-electron chi connectivity index (χ2n) is 4.27. The second-order valence-corrected chi connectivity index (χ2v) is 4.68. The van der Waals surface area contributed by atoms with Gasteiger partial charge >= 0.3 is 0 Å². The van der Waals surface area contributed by atoms with E-state index in [0.717, 1.165) is 27.6 Å². The third kappa shape index (κ3) is 3.71. The molecule has 0 aliphatic carbocycles. The van der Waals surface area contributed by atoms with E-state index in [9.17, 15) is 0 Å². The Balaban J connectivity index is 2.05. The smallest absolute Gasteiger partial charge is 0.122 e. The minimum Gasteiger partial charge on any atom is -0.497 e. The van der Waals surface area contributed by atoms with Crippen molar-refractivity contribution in [1.82, 2.24) is 5.32 Å². The van der Waals surface area contributed by atoms with Crippen molar-refractivity contribution in [1.29, 1.82) is 0 Å². The minimum atomic E-state index is 0.626. The molecule has 0 aliphatic rings. The first-order chi connectivity index (χ1) is 9.72. The quantitative estimate of drug-likeness (QED) is 0.856. The number of methoxy groups -OCH3 is 2. The summed E-state index contributed by atoms with van der Waals surface area (Å²) in [4.78, 5) is 0.729. The highest BCUT2D eigenvalue weighted by Gasteiger charge is 2.04. The summed E-state index contributed by atoms with van der Waals surface area (Å²) in [6, 6.07) is 15.7. The van der Waals surface area contributed by atoms with Crippen molar-refractivity contribution in [3.63, 3.8) is 0 Å². The van der Waals surface area contributed by atoms with Gasteiger partial charge in [-0.15, -0.1) is 0 Å². The highest BCUT2D eigenvalue weighted by atomic mass is 32.1. The Morgan fingerprint density at radius 2 is 1.60 bits per heavy atom. The zero-order valence-electron chi connectivity index (χ0n) is 11.6. The molecule has 0 bridgehead atoms. The molecule has 0 saturated carbocycles. The molecule has 0 radical (unpaired) electrons. The fourth-order valence-corrected chi connectivity index (χ4v) is 2.05. The van der Waals surface area contributed by atoms with Crippen LogP contribution in [0.4, 0.5) is 0 Å². The van der Waals surface area contributed by atoms with Gasteiger partial charge in [-0.1, -0.05) is 42.5 Å². The van der Waals surface area contributed by atoms with Crippen LogP contribution in [0, 0.1) is 0 Å².